The standard InChI is InChI=1S/C19H18O6/c20-16-11-19(24,18(22)23)10-15(17(16)21)12-5-4-8-14(9-12)25-13-6-2-1-3-7-13/h1-10,16-17,20-21,24H,11H2,(H,22,23)/t16-,17-,19+/m1/s1. The summed E-state index contributed by atoms with van der Waals surface area (Å²) in [6.07, 6.45) is -2.09. The Labute approximate surface area is 144 Å². The Kier molecular flexibility index (Phi) is 4.59. The first-order valence-corrected chi connectivity index (χ1v) is 7.77. The lowest BCUT2D eigenvalue weighted by atomic mass is 9.80. The van der Waals surface area contributed by atoms with Crippen LogP contribution in [0.2, 0.25) is 0 Å². The van der Waals surface area contributed by atoms with Gasteiger partial charge in [0.05, 0.1) is 6.10 Å². The van der Waals surface area contributed by atoms with Crippen LogP contribution in [0.25, 0.3) is 5.57 Å². The zero-order chi connectivity index (χ0) is 18.0. The molecule has 1 aliphatic carbocycles. The van der Waals surface area contributed by atoms with Crippen LogP contribution in [-0.2, 0) is 4.79 Å². The molecule has 0 aliphatic heterocycles. The number of ether oxygens (including phenoxy) is 1. The van der Waals surface area contributed by atoms with Gasteiger partial charge in [-0.3, -0.25) is 0 Å². The number of benzene rings is 2. The van der Waals surface area contributed by atoms with E-state index in [0.29, 0.717) is 17.1 Å². The summed E-state index contributed by atoms with van der Waals surface area (Å²) in [7, 11) is 0. The predicted octanol–water partition coefficient (Wildman–Crippen LogP) is 1.80. The fourth-order valence-electron chi connectivity index (χ4n) is 2.81. The molecule has 0 fully saturated rings. The van der Waals surface area contributed by atoms with E-state index < -0.39 is 30.2 Å². The van der Waals surface area contributed by atoms with Gasteiger partial charge in [0.15, 0.2) is 5.60 Å². The number of aliphatic carboxylic acids is 1. The van der Waals surface area contributed by atoms with E-state index >= 15 is 0 Å². The summed E-state index contributed by atoms with van der Waals surface area (Å²) in [5, 5.41) is 39.6. The molecule has 0 saturated carbocycles. The van der Waals surface area contributed by atoms with Crippen LogP contribution >= 0.6 is 0 Å². The van der Waals surface area contributed by atoms with Crippen molar-refractivity contribution >= 4 is 11.5 Å². The van der Waals surface area contributed by atoms with Crippen molar-refractivity contribution in [2.24, 2.45) is 0 Å². The van der Waals surface area contributed by atoms with E-state index in [9.17, 15) is 25.2 Å². The maximum atomic E-state index is 11.3. The van der Waals surface area contributed by atoms with Crippen LogP contribution in [-0.4, -0.2) is 44.2 Å². The predicted molar refractivity (Wildman–Crippen MR) is 90.2 cm³/mol. The maximum Gasteiger partial charge on any atom is 0.339 e. The number of hydrogen-bond donors (Lipinski definition) is 4. The molecule has 0 saturated heterocycles. The summed E-state index contributed by atoms with van der Waals surface area (Å²) in [6, 6.07) is 15.7. The Morgan fingerprint density at radius 2 is 1.72 bits per heavy atom. The lowest BCUT2D eigenvalue weighted by Crippen LogP contribution is -2.47. The molecule has 0 aromatic heterocycles. The van der Waals surface area contributed by atoms with E-state index in [1.165, 1.54) is 0 Å². The SMILES string of the molecule is O=C(O)[C@]1(O)C=C(c2cccc(Oc3ccccc3)c2)[C@@H](O)[C@H](O)C1. The van der Waals surface area contributed by atoms with E-state index in [4.69, 9.17) is 4.74 Å². The quantitative estimate of drug-likeness (QED) is 0.675. The van der Waals surface area contributed by atoms with Gasteiger partial charge in [0.25, 0.3) is 0 Å². The molecule has 6 heteroatoms. The number of carbonyl (C=O) groups is 1. The second-order valence-corrected chi connectivity index (χ2v) is 5.99. The minimum Gasteiger partial charge on any atom is -0.479 e. The van der Waals surface area contributed by atoms with Crippen LogP contribution in [0.5, 0.6) is 11.5 Å². The lowest BCUT2D eigenvalue weighted by Gasteiger charge is -2.33. The van der Waals surface area contributed by atoms with Crippen LogP contribution in [0.1, 0.15) is 12.0 Å². The second-order valence-electron chi connectivity index (χ2n) is 5.99. The number of aliphatic hydroxyl groups excluding tert-OH is 2. The highest BCUT2D eigenvalue weighted by Gasteiger charge is 2.43. The van der Waals surface area contributed by atoms with Crippen molar-refractivity contribution in [2.75, 3.05) is 0 Å². The van der Waals surface area contributed by atoms with Crippen LogP contribution in [0.4, 0.5) is 0 Å². The third kappa shape index (κ3) is 3.56. The normalized spacial score (nSPS) is 26.0. The fraction of sp³-hybridized carbons (Fsp3) is 0.211. The minimum absolute atomic E-state index is 0.141. The van der Waals surface area contributed by atoms with Crippen LogP contribution < -0.4 is 4.74 Å². The van der Waals surface area contributed by atoms with Gasteiger partial charge in [-0.1, -0.05) is 30.3 Å². The van der Waals surface area contributed by atoms with Crippen molar-refractivity contribution in [3.05, 3.63) is 66.2 Å². The van der Waals surface area contributed by atoms with Crippen molar-refractivity contribution in [1.29, 1.82) is 0 Å². The molecule has 3 rings (SSSR count). The van der Waals surface area contributed by atoms with Crippen molar-refractivity contribution in [2.45, 2.75) is 24.2 Å². The molecule has 3 atom stereocenters. The zero-order valence-corrected chi connectivity index (χ0v) is 13.2. The van der Waals surface area contributed by atoms with Gasteiger partial charge in [-0.25, -0.2) is 4.79 Å². The van der Waals surface area contributed by atoms with Crippen molar-refractivity contribution in [3.63, 3.8) is 0 Å². The first-order chi connectivity index (χ1) is 11.9. The number of rotatable bonds is 4. The third-order valence-electron chi connectivity index (χ3n) is 4.11. The van der Waals surface area contributed by atoms with Gasteiger partial charge in [-0.05, 0) is 41.5 Å². The Balaban J connectivity index is 1.96. The molecule has 0 spiro atoms. The monoisotopic (exact) mass is 342 g/mol. The van der Waals surface area contributed by atoms with E-state index in [2.05, 4.69) is 0 Å². The molecule has 2 aromatic carbocycles. The molecule has 4 N–H and O–H groups in total. The van der Waals surface area contributed by atoms with E-state index in [1.807, 2.05) is 18.2 Å². The Hall–Kier alpha value is -2.67. The van der Waals surface area contributed by atoms with Gasteiger partial charge >= 0.3 is 5.97 Å². The first kappa shape index (κ1) is 17.2. The molecule has 0 bridgehead atoms. The average Bonchev–Trinajstić information content (AvgIpc) is 2.59. The Morgan fingerprint density at radius 3 is 2.40 bits per heavy atom. The molecule has 2 aromatic rings. The highest BCUT2D eigenvalue weighted by molar-refractivity contribution is 5.85. The largest absolute Gasteiger partial charge is 0.479 e. The Bertz CT molecular complexity index is 801. The van der Waals surface area contributed by atoms with E-state index in [-0.39, 0.29) is 5.57 Å². The minimum atomic E-state index is -2.23. The molecule has 1 aliphatic rings. The average molecular weight is 342 g/mol. The van der Waals surface area contributed by atoms with Crippen molar-refractivity contribution in [1.82, 2.24) is 0 Å². The molecule has 0 radical (unpaired) electrons. The molecule has 0 heterocycles. The van der Waals surface area contributed by atoms with Gasteiger partial charge in [-0.2, -0.15) is 0 Å². The first-order valence-electron chi connectivity index (χ1n) is 7.77. The van der Waals surface area contributed by atoms with E-state index in [0.717, 1.165) is 6.08 Å². The van der Waals surface area contributed by atoms with Gasteiger partial charge in [-0.15, -0.1) is 0 Å². The molecular formula is C19H18O6. The number of carboxylic acids is 1. The van der Waals surface area contributed by atoms with Crippen LogP contribution in [0, 0.1) is 0 Å². The van der Waals surface area contributed by atoms with Crippen LogP contribution in [0.15, 0.2) is 60.7 Å². The summed E-state index contributed by atoms with van der Waals surface area (Å²) in [5.41, 5.74) is -1.63. The highest BCUT2D eigenvalue weighted by Crippen LogP contribution is 2.35. The number of aliphatic hydroxyl groups is 3. The maximum absolute atomic E-state index is 11.3. The topological polar surface area (TPSA) is 107 Å². The zero-order valence-electron chi connectivity index (χ0n) is 13.2. The van der Waals surface area contributed by atoms with Gasteiger partial charge in [0, 0.05) is 6.42 Å². The summed E-state index contributed by atoms with van der Waals surface area (Å²) in [5.74, 6) is -0.372. The molecular weight excluding hydrogens is 324 g/mol. The van der Waals surface area contributed by atoms with Crippen molar-refractivity contribution in [3.8, 4) is 11.5 Å². The fourth-order valence-corrected chi connectivity index (χ4v) is 2.81. The summed E-state index contributed by atoms with van der Waals surface area (Å²) < 4.78 is 5.72. The molecule has 0 amide bonds. The van der Waals surface area contributed by atoms with Gasteiger partial charge in [0.1, 0.15) is 17.6 Å². The summed E-state index contributed by atoms with van der Waals surface area (Å²) >= 11 is 0. The number of carboxylic acid groups (broad SMARTS) is 1. The highest BCUT2D eigenvalue weighted by atomic mass is 16.5. The molecule has 6 nitrogen and oxygen atoms in total. The Morgan fingerprint density at radius 1 is 1.04 bits per heavy atom. The second kappa shape index (κ2) is 6.68. The van der Waals surface area contributed by atoms with Gasteiger partial charge in [0.2, 0.25) is 0 Å². The number of hydrogen-bond acceptors (Lipinski definition) is 5. The third-order valence-corrected chi connectivity index (χ3v) is 4.11. The van der Waals surface area contributed by atoms with Crippen molar-refractivity contribution < 1.29 is 30.0 Å². The summed E-state index contributed by atoms with van der Waals surface area (Å²) in [4.78, 5) is 11.3. The molecule has 25 heavy (non-hydrogen) atoms. The number of para-hydroxylation sites is 1. The van der Waals surface area contributed by atoms with Crippen LogP contribution in [0.3, 0.4) is 0 Å². The van der Waals surface area contributed by atoms with E-state index in [1.54, 1.807) is 36.4 Å². The van der Waals surface area contributed by atoms with Gasteiger partial charge < -0.3 is 25.2 Å². The molecule has 130 valence electrons. The smallest absolute Gasteiger partial charge is 0.339 e. The molecule has 0 unspecified atom stereocenters. The lowest BCUT2D eigenvalue weighted by molar-refractivity contribution is -0.157. The summed E-state index contributed by atoms with van der Waals surface area (Å²) in [6.45, 7) is 0.